The van der Waals surface area contributed by atoms with Crippen LogP contribution in [0.25, 0.3) is 0 Å². The van der Waals surface area contributed by atoms with Crippen LogP contribution in [-0.4, -0.2) is 11.2 Å². The van der Waals surface area contributed by atoms with Gasteiger partial charge in [0.1, 0.15) is 0 Å². The predicted molar refractivity (Wildman–Crippen MR) is 41.9 cm³/mol. The Morgan fingerprint density at radius 2 is 1.90 bits per heavy atom. The monoisotopic (exact) mass is 166 g/mol. The molecule has 0 amide bonds. The van der Waals surface area contributed by atoms with Crippen LogP contribution >= 0.6 is 11.6 Å². The van der Waals surface area contributed by atoms with Gasteiger partial charge in [-0.3, -0.25) is 0 Å². The fourth-order valence-electron chi connectivity index (χ4n) is 0.265. The first-order valence-electron chi connectivity index (χ1n) is 3.44. The van der Waals surface area contributed by atoms with Gasteiger partial charge in [-0.05, 0) is 27.2 Å². The van der Waals surface area contributed by atoms with Crippen LogP contribution < -0.4 is 0 Å². The van der Waals surface area contributed by atoms with Gasteiger partial charge in [0.15, 0.2) is 5.56 Å². The summed E-state index contributed by atoms with van der Waals surface area (Å²) in [6, 6.07) is 0. The van der Waals surface area contributed by atoms with Crippen molar-refractivity contribution < 1.29 is 9.78 Å². The number of alkyl halides is 1. The molecule has 0 aliphatic carbocycles. The van der Waals surface area contributed by atoms with E-state index in [1.54, 1.807) is 0 Å². The fraction of sp³-hybridized carbons (Fsp3) is 1.00. The Kier molecular flexibility index (Phi) is 4.25. The standard InChI is InChI=1S/C7H15ClO2/c1-5-6(8)9-10-7(2,3)4/h6H,5H2,1-4H3. The molecule has 0 aliphatic rings. The molecule has 0 aromatic carbocycles. The van der Waals surface area contributed by atoms with Crippen molar-refractivity contribution in [3.8, 4) is 0 Å². The van der Waals surface area contributed by atoms with Gasteiger partial charge in [0.2, 0.25) is 0 Å². The van der Waals surface area contributed by atoms with E-state index < -0.39 is 0 Å². The van der Waals surface area contributed by atoms with E-state index in [0.29, 0.717) is 0 Å². The molecule has 62 valence electrons. The lowest BCUT2D eigenvalue weighted by Crippen LogP contribution is -2.21. The van der Waals surface area contributed by atoms with Gasteiger partial charge < -0.3 is 0 Å². The molecule has 0 N–H and O–H groups in total. The van der Waals surface area contributed by atoms with Crippen LogP contribution in [-0.2, 0) is 9.78 Å². The van der Waals surface area contributed by atoms with Crippen LogP contribution in [0.4, 0.5) is 0 Å². The Morgan fingerprint density at radius 1 is 1.40 bits per heavy atom. The first kappa shape index (κ1) is 10.2. The van der Waals surface area contributed by atoms with Crippen LogP contribution in [0.5, 0.6) is 0 Å². The lowest BCUT2D eigenvalue weighted by Gasteiger charge is -2.19. The van der Waals surface area contributed by atoms with Crippen LogP contribution in [0.1, 0.15) is 34.1 Å². The molecule has 0 fully saturated rings. The molecular weight excluding hydrogens is 152 g/mol. The number of rotatable bonds is 3. The largest absolute Gasteiger partial charge is 0.229 e. The average Bonchev–Trinajstić information content (AvgIpc) is 1.81. The van der Waals surface area contributed by atoms with Crippen molar-refractivity contribution in [3.63, 3.8) is 0 Å². The summed E-state index contributed by atoms with van der Waals surface area (Å²) in [5, 5.41) is 0. The molecule has 0 saturated carbocycles. The molecule has 1 unspecified atom stereocenters. The van der Waals surface area contributed by atoms with Gasteiger partial charge in [-0.25, -0.2) is 9.78 Å². The van der Waals surface area contributed by atoms with Gasteiger partial charge in [-0.2, -0.15) is 0 Å². The van der Waals surface area contributed by atoms with Crippen LogP contribution in [0.2, 0.25) is 0 Å². The lowest BCUT2D eigenvalue weighted by molar-refractivity contribution is -0.358. The van der Waals surface area contributed by atoms with Crippen molar-refractivity contribution in [1.82, 2.24) is 0 Å². The maximum Gasteiger partial charge on any atom is 0.166 e. The summed E-state index contributed by atoms with van der Waals surface area (Å²) < 4.78 is 0. The van der Waals surface area contributed by atoms with Crippen molar-refractivity contribution in [2.45, 2.75) is 45.3 Å². The normalized spacial score (nSPS) is 15.3. The third-order valence-electron chi connectivity index (χ3n) is 0.723. The zero-order valence-electron chi connectivity index (χ0n) is 6.98. The Hall–Kier alpha value is 0.210. The molecule has 0 radical (unpaired) electrons. The van der Waals surface area contributed by atoms with E-state index in [1.165, 1.54) is 0 Å². The molecule has 0 bridgehead atoms. The van der Waals surface area contributed by atoms with Crippen LogP contribution in [0, 0.1) is 0 Å². The third kappa shape index (κ3) is 6.33. The highest BCUT2D eigenvalue weighted by Crippen LogP contribution is 2.12. The second-order valence-corrected chi connectivity index (χ2v) is 3.60. The highest BCUT2D eigenvalue weighted by molar-refractivity contribution is 6.19. The van der Waals surface area contributed by atoms with Crippen molar-refractivity contribution in [1.29, 1.82) is 0 Å². The number of hydrogen-bond donors (Lipinski definition) is 0. The molecule has 10 heavy (non-hydrogen) atoms. The SMILES string of the molecule is CCC(Cl)OOC(C)(C)C. The highest BCUT2D eigenvalue weighted by atomic mass is 35.5. The maximum atomic E-state index is 5.62. The lowest BCUT2D eigenvalue weighted by atomic mass is 10.2. The Bertz CT molecular complexity index is 88.1. The fourth-order valence-corrected chi connectivity index (χ4v) is 0.301. The minimum Gasteiger partial charge on any atom is -0.229 e. The molecular formula is C7H15ClO2. The van der Waals surface area contributed by atoms with E-state index in [2.05, 4.69) is 0 Å². The Balaban J connectivity index is 3.36. The second kappa shape index (κ2) is 4.16. The van der Waals surface area contributed by atoms with Gasteiger partial charge in [0.05, 0.1) is 5.60 Å². The molecule has 3 heteroatoms. The summed E-state index contributed by atoms with van der Waals surface area (Å²) in [6.45, 7) is 7.66. The summed E-state index contributed by atoms with van der Waals surface area (Å²) in [5.41, 5.74) is -0.610. The molecule has 0 aromatic rings. The van der Waals surface area contributed by atoms with Crippen molar-refractivity contribution in [2.24, 2.45) is 0 Å². The van der Waals surface area contributed by atoms with E-state index in [9.17, 15) is 0 Å². The molecule has 0 aromatic heterocycles. The molecule has 1 atom stereocenters. The molecule has 2 nitrogen and oxygen atoms in total. The maximum absolute atomic E-state index is 5.62. The first-order valence-corrected chi connectivity index (χ1v) is 3.88. The molecule has 0 spiro atoms. The summed E-state index contributed by atoms with van der Waals surface area (Å²) >= 11 is 5.62. The minimum atomic E-state index is -0.334. The Labute approximate surface area is 67.4 Å². The summed E-state index contributed by atoms with van der Waals surface area (Å²) in [5.74, 6) is 0. The van der Waals surface area contributed by atoms with Crippen molar-refractivity contribution in [2.75, 3.05) is 0 Å². The molecule has 0 saturated heterocycles. The van der Waals surface area contributed by atoms with Gasteiger partial charge in [-0.1, -0.05) is 18.5 Å². The molecule has 0 heterocycles. The van der Waals surface area contributed by atoms with E-state index in [1.807, 2.05) is 27.7 Å². The van der Waals surface area contributed by atoms with Gasteiger partial charge in [0, 0.05) is 0 Å². The average molecular weight is 167 g/mol. The Morgan fingerprint density at radius 3 is 2.20 bits per heavy atom. The quantitative estimate of drug-likeness (QED) is 0.365. The first-order chi connectivity index (χ1) is 4.45. The summed E-state index contributed by atoms with van der Waals surface area (Å²) in [6.07, 6.45) is 0.748. The van der Waals surface area contributed by atoms with Crippen LogP contribution in [0.15, 0.2) is 0 Å². The van der Waals surface area contributed by atoms with Crippen molar-refractivity contribution in [3.05, 3.63) is 0 Å². The van der Waals surface area contributed by atoms with E-state index in [0.717, 1.165) is 6.42 Å². The number of hydrogen-bond acceptors (Lipinski definition) is 2. The summed E-state index contributed by atoms with van der Waals surface area (Å²) in [7, 11) is 0. The molecule has 0 rings (SSSR count). The zero-order valence-corrected chi connectivity index (χ0v) is 7.73. The molecule has 0 aliphatic heterocycles. The van der Waals surface area contributed by atoms with E-state index in [-0.39, 0.29) is 11.2 Å². The van der Waals surface area contributed by atoms with Crippen LogP contribution in [0.3, 0.4) is 0 Å². The third-order valence-corrected chi connectivity index (χ3v) is 1.10. The number of halogens is 1. The smallest absolute Gasteiger partial charge is 0.166 e. The topological polar surface area (TPSA) is 18.5 Å². The minimum absolute atomic E-state index is 0.275. The van der Waals surface area contributed by atoms with Gasteiger partial charge in [-0.15, -0.1) is 0 Å². The zero-order chi connectivity index (χ0) is 8.20. The van der Waals surface area contributed by atoms with E-state index >= 15 is 0 Å². The van der Waals surface area contributed by atoms with Gasteiger partial charge >= 0.3 is 0 Å². The second-order valence-electron chi connectivity index (χ2n) is 3.11. The van der Waals surface area contributed by atoms with E-state index in [4.69, 9.17) is 21.4 Å². The van der Waals surface area contributed by atoms with Crippen molar-refractivity contribution >= 4 is 11.6 Å². The summed E-state index contributed by atoms with van der Waals surface area (Å²) in [4.78, 5) is 9.77. The predicted octanol–water partition coefficient (Wildman–Crippen LogP) is 2.71. The highest BCUT2D eigenvalue weighted by Gasteiger charge is 2.13. The van der Waals surface area contributed by atoms with Gasteiger partial charge in [0.25, 0.3) is 0 Å².